The molecule has 0 radical (unpaired) electrons. The largest absolute Gasteiger partial charge is 0.310 e. The van der Waals surface area contributed by atoms with Gasteiger partial charge in [-0.15, -0.1) is 0 Å². The van der Waals surface area contributed by atoms with Gasteiger partial charge in [0.15, 0.2) is 5.16 Å². The SMILES string of the molecule is Cc1ccc(N(CCC#N)C(=O)C(C)Sc2nc3ccccc3c(=O)n2C)cc1. The third kappa shape index (κ3) is 4.49. The number of amides is 1. The molecule has 0 N–H and O–H groups in total. The molecule has 3 aromatic rings. The maximum atomic E-state index is 13.2. The maximum Gasteiger partial charge on any atom is 0.261 e. The Hall–Kier alpha value is -3.11. The Morgan fingerprint density at radius 3 is 2.62 bits per heavy atom. The van der Waals surface area contributed by atoms with E-state index in [0.29, 0.717) is 22.6 Å². The molecule has 0 aliphatic rings. The van der Waals surface area contributed by atoms with E-state index in [1.165, 1.54) is 16.3 Å². The van der Waals surface area contributed by atoms with Crippen LogP contribution >= 0.6 is 11.8 Å². The van der Waals surface area contributed by atoms with Crippen LogP contribution in [0.3, 0.4) is 0 Å². The highest BCUT2D eigenvalue weighted by Crippen LogP contribution is 2.26. The molecule has 0 bridgehead atoms. The molecule has 6 nitrogen and oxygen atoms in total. The molecule has 1 amide bonds. The Balaban J connectivity index is 1.89. The molecule has 7 heteroatoms. The Labute approximate surface area is 173 Å². The number of thioether (sulfide) groups is 1. The zero-order valence-electron chi connectivity index (χ0n) is 16.6. The van der Waals surface area contributed by atoms with Crippen molar-refractivity contribution in [3.63, 3.8) is 0 Å². The van der Waals surface area contributed by atoms with Gasteiger partial charge in [-0.1, -0.05) is 41.6 Å². The van der Waals surface area contributed by atoms with Crippen LogP contribution in [0.25, 0.3) is 10.9 Å². The van der Waals surface area contributed by atoms with Crippen molar-refractivity contribution in [1.82, 2.24) is 9.55 Å². The van der Waals surface area contributed by atoms with Crippen molar-refractivity contribution in [3.05, 3.63) is 64.4 Å². The van der Waals surface area contributed by atoms with Gasteiger partial charge in [0.2, 0.25) is 5.91 Å². The molecule has 0 saturated heterocycles. The minimum atomic E-state index is -0.478. The lowest BCUT2D eigenvalue weighted by Crippen LogP contribution is -2.37. The molecule has 1 atom stereocenters. The molecule has 0 aliphatic heterocycles. The van der Waals surface area contributed by atoms with Crippen LogP contribution in [-0.4, -0.2) is 27.3 Å². The molecule has 29 heavy (non-hydrogen) atoms. The molecule has 3 rings (SSSR count). The summed E-state index contributed by atoms with van der Waals surface area (Å²) in [6.07, 6.45) is 0.240. The lowest BCUT2D eigenvalue weighted by Gasteiger charge is -2.25. The van der Waals surface area contributed by atoms with Crippen LogP contribution < -0.4 is 10.5 Å². The number of hydrogen-bond acceptors (Lipinski definition) is 5. The molecule has 0 spiro atoms. The summed E-state index contributed by atoms with van der Waals surface area (Å²) in [4.78, 5) is 32.0. The summed E-state index contributed by atoms with van der Waals surface area (Å²) in [5.74, 6) is -0.128. The molecule has 0 fully saturated rings. The zero-order chi connectivity index (χ0) is 21.0. The molecule has 1 aromatic heterocycles. The van der Waals surface area contributed by atoms with Crippen molar-refractivity contribution in [2.24, 2.45) is 7.05 Å². The molecule has 2 aromatic carbocycles. The van der Waals surface area contributed by atoms with Crippen LogP contribution in [0, 0.1) is 18.3 Å². The predicted molar refractivity (Wildman–Crippen MR) is 116 cm³/mol. The second kappa shape index (κ2) is 8.93. The summed E-state index contributed by atoms with van der Waals surface area (Å²) in [5.41, 5.74) is 2.32. The number of rotatable bonds is 6. The topological polar surface area (TPSA) is 79.0 Å². The van der Waals surface area contributed by atoms with Crippen LogP contribution in [0.4, 0.5) is 5.69 Å². The number of carbonyl (C=O) groups is 1. The number of nitrogens with zero attached hydrogens (tertiary/aromatic N) is 4. The third-order valence-electron chi connectivity index (χ3n) is 4.63. The van der Waals surface area contributed by atoms with Gasteiger partial charge in [-0.2, -0.15) is 5.26 Å². The summed E-state index contributed by atoms with van der Waals surface area (Å²) >= 11 is 1.24. The van der Waals surface area contributed by atoms with E-state index < -0.39 is 5.25 Å². The summed E-state index contributed by atoms with van der Waals surface area (Å²) in [7, 11) is 1.66. The molecule has 148 valence electrons. The van der Waals surface area contributed by atoms with E-state index in [-0.39, 0.29) is 17.9 Å². The Bertz CT molecular complexity index is 1130. The average molecular weight is 407 g/mol. The van der Waals surface area contributed by atoms with Crippen molar-refractivity contribution in [2.75, 3.05) is 11.4 Å². The minimum Gasteiger partial charge on any atom is -0.310 e. The second-order valence-electron chi connectivity index (χ2n) is 6.77. The van der Waals surface area contributed by atoms with Gasteiger partial charge in [0.25, 0.3) is 5.56 Å². The standard InChI is InChI=1S/C22H22N4O2S/c1-15-9-11-17(12-10-15)26(14-6-13-23)20(27)16(2)29-22-24-19-8-5-4-7-18(19)21(28)25(22)3/h4-5,7-12,16H,6,14H2,1-3H3. The number of aromatic nitrogens is 2. The number of aryl methyl sites for hydroxylation is 1. The van der Waals surface area contributed by atoms with Gasteiger partial charge >= 0.3 is 0 Å². The first-order valence-corrected chi connectivity index (χ1v) is 10.2. The van der Waals surface area contributed by atoms with E-state index in [2.05, 4.69) is 11.1 Å². The summed E-state index contributed by atoms with van der Waals surface area (Å²) in [6, 6.07) is 16.9. The zero-order valence-corrected chi connectivity index (χ0v) is 17.4. The quantitative estimate of drug-likeness (QED) is 0.461. The normalized spacial score (nSPS) is 11.8. The summed E-state index contributed by atoms with van der Waals surface area (Å²) in [5, 5.41) is 9.55. The minimum absolute atomic E-state index is 0.128. The predicted octanol–water partition coefficient (Wildman–Crippen LogP) is 3.67. The number of nitriles is 1. The first-order valence-electron chi connectivity index (χ1n) is 9.30. The fourth-order valence-electron chi connectivity index (χ4n) is 2.98. The molecule has 1 heterocycles. The number of anilines is 1. The van der Waals surface area contributed by atoms with Crippen molar-refractivity contribution in [1.29, 1.82) is 5.26 Å². The van der Waals surface area contributed by atoms with E-state index in [1.807, 2.05) is 37.3 Å². The first kappa shape index (κ1) is 20.6. The van der Waals surface area contributed by atoms with E-state index in [9.17, 15) is 9.59 Å². The van der Waals surface area contributed by atoms with Crippen LogP contribution in [-0.2, 0) is 11.8 Å². The smallest absolute Gasteiger partial charge is 0.261 e. The molecule has 0 aliphatic carbocycles. The summed E-state index contributed by atoms with van der Waals surface area (Å²) in [6.45, 7) is 4.09. The fraction of sp³-hybridized carbons (Fsp3) is 0.273. The highest BCUT2D eigenvalue weighted by molar-refractivity contribution is 8.00. The average Bonchev–Trinajstić information content (AvgIpc) is 2.73. The van der Waals surface area contributed by atoms with Crippen LogP contribution in [0.15, 0.2) is 58.5 Å². The van der Waals surface area contributed by atoms with Crippen LogP contribution in [0.2, 0.25) is 0 Å². The molecular weight excluding hydrogens is 384 g/mol. The lowest BCUT2D eigenvalue weighted by atomic mass is 10.2. The maximum absolute atomic E-state index is 13.2. The van der Waals surface area contributed by atoms with Crippen molar-refractivity contribution in [2.45, 2.75) is 30.7 Å². The van der Waals surface area contributed by atoms with Gasteiger partial charge in [0.05, 0.1) is 28.6 Å². The van der Waals surface area contributed by atoms with Gasteiger partial charge in [0.1, 0.15) is 0 Å². The molecular formula is C22H22N4O2S. The first-order chi connectivity index (χ1) is 13.9. The van der Waals surface area contributed by atoms with Crippen LogP contribution in [0.1, 0.15) is 18.9 Å². The molecule has 1 unspecified atom stereocenters. The van der Waals surface area contributed by atoms with Gasteiger partial charge < -0.3 is 4.90 Å². The Morgan fingerprint density at radius 1 is 1.24 bits per heavy atom. The summed E-state index contributed by atoms with van der Waals surface area (Å²) < 4.78 is 1.47. The van der Waals surface area contributed by atoms with E-state index >= 15 is 0 Å². The highest BCUT2D eigenvalue weighted by atomic mass is 32.2. The highest BCUT2D eigenvalue weighted by Gasteiger charge is 2.24. The molecule has 0 saturated carbocycles. The van der Waals surface area contributed by atoms with Gasteiger partial charge in [-0.25, -0.2) is 4.98 Å². The van der Waals surface area contributed by atoms with E-state index in [1.54, 1.807) is 37.1 Å². The Morgan fingerprint density at radius 2 is 1.93 bits per heavy atom. The van der Waals surface area contributed by atoms with Crippen molar-refractivity contribution >= 4 is 34.3 Å². The second-order valence-corrected chi connectivity index (χ2v) is 8.08. The Kier molecular flexibility index (Phi) is 6.35. The van der Waals surface area contributed by atoms with Gasteiger partial charge in [-0.05, 0) is 38.1 Å². The monoisotopic (exact) mass is 406 g/mol. The van der Waals surface area contributed by atoms with Gasteiger partial charge in [0, 0.05) is 19.3 Å². The lowest BCUT2D eigenvalue weighted by molar-refractivity contribution is -0.117. The number of hydrogen-bond donors (Lipinski definition) is 0. The number of para-hydroxylation sites is 1. The third-order valence-corrected chi connectivity index (χ3v) is 5.76. The van der Waals surface area contributed by atoms with E-state index in [4.69, 9.17) is 5.26 Å². The van der Waals surface area contributed by atoms with Crippen molar-refractivity contribution in [3.8, 4) is 6.07 Å². The number of benzene rings is 2. The van der Waals surface area contributed by atoms with Gasteiger partial charge in [-0.3, -0.25) is 14.2 Å². The van der Waals surface area contributed by atoms with Crippen molar-refractivity contribution < 1.29 is 4.79 Å². The van der Waals surface area contributed by atoms with Crippen LogP contribution in [0.5, 0.6) is 0 Å². The number of carbonyl (C=O) groups excluding carboxylic acids is 1. The van der Waals surface area contributed by atoms with E-state index in [0.717, 1.165) is 11.3 Å². The number of fused-ring (bicyclic) bond motifs is 1. The fourth-order valence-corrected chi connectivity index (χ4v) is 3.92.